The van der Waals surface area contributed by atoms with E-state index < -0.39 is 23.1 Å². The number of amides is 1. The maximum atomic E-state index is 13.5. The maximum absolute atomic E-state index is 13.5. The van der Waals surface area contributed by atoms with E-state index in [0.29, 0.717) is 6.54 Å². The summed E-state index contributed by atoms with van der Waals surface area (Å²) in [6.45, 7) is 2.34. The molecule has 1 atom stereocenters. The van der Waals surface area contributed by atoms with Crippen molar-refractivity contribution in [3.05, 3.63) is 29.8 Å². The number of primary amides is 1. The third-order valence-electron chi connectivity index (χ3n) is 3.56. The largest absolute Gasteiger partial charge is 0.488 e. The third kappa shape index (κ3) is 2.90. The Balaban J connectivity index is 2.14. The first-order valence-corrected chi connectivity index (χ1v) is 6.62. The molecule has 4 nitrogen and oxygen atoms in total. The van der Waals surface area contributed by atoms with Gasteiger partial charge in [0.25, 0.3) is 0 Å². The Bertz CT molecular complexity index is 506. The van der Waals surface area contributed by atoms with Gasteiger partial charge in [-0.15, -0.1) is 0 Å². The van der Waals surface area contributed by atoms with Gasteiger partial charge in [-0.1, -0.05) is 6.92 Å². The number of nitrogens with two attached hydrogens (primary N) is 1. The molecule has 0 radical (unpaired) electrons. The van der Waals surface area contributed by atoms with Gasteiger partial charge in [-0.3, -0.25) is 4.79 Å². The highest BCUT2D eigenvalue weighted by Gasteiger charge is 2.50. The van der Waals surface area contributed by atoms with E-state index in [9.17, 15) is 13.6 Å². The zero-order chi connectivity index (χ0) is 14.8. The summed E-state index contributed by atoms with van der Waals surface area (Å²) in [7, 11) is 0. The number of hydrogen-bond donors (Lipinski definition) is 2. The molecular weight excluding hydrogens is 266 g/mol. The second kappa shape index (κ2) is 5.75. The van der Waals surface area contributed by atoms with Crippen molar-refractivity contribution in [2.24, 2.45) is 11.7 Å². The average molecular weight is 284 g/mol. The first-order chi connectivity index (χ1) is 9.49. The van der Waals surface area contributed by atoms with Crippen LogP contribution in [0.15, 0.2) is 18.2 Å². The van der Waals surface area contributed by atoms with Crippen LogP contribution in [0, 0.1) is 17.6 Å². The van der Waals surface area contributed by atoms with E-state index in [0.717, 1.165) is 25.0 Å². The number of nitrogens with one attached hydrogen (secondary N) is 1. The summed E-state index contributed by atoms with van der Waals surface area (Å²) in [5.74, 6) is -1.97. The van der Waals surface area contributed by atoms with Crippen LogP contribution in [-0.4, -0.2) is 24.6 Å². The van der Waals surface area contributed by atoms with Crippen LogP contribution < -0.4 is 15.8 Å². The highest BCUT2D eigenvalue weighted by molar-refractivity contribution is 5.85. The van der Waals surface area contributed by atoms with E-state index in [1.807, 2.05) is 6.92 Å². The minimum Gasteiger partial charge on any atom is -0.488 e. The summed E-state index contributed by atoms with van der Waals surface area (Å²) in [4.78, 5) is 11.8. The van der Waals surface area contributed by atoms with E-state index in [4.69, 9.17) is 10.5 Å². The first kappa shape index (κ1) is 14.7. The molecule has 1 aliphatic carbocycles. The van der Waals surface area contributed by atoms with Crippen molar-refractivity contribution in [2.45, 2.75) is 25.3 Å². The van der Waals surface area contributed by atoms with Gasteiger partial charge in [0.15, 0.2) is 11.6 Å². The zero-order valence-corrected chi connectivity index (χ0v) is 11.3. The summed E-state index contributed by atoms with van der Waals surface area (Å²) in [6, 6.07) is 3.05. The predicted molar refractivity (Wildman–Crippen MR) is 70.2 cm³/mol. The van der Waals surface area contributed by atoms with Gasteiger partial charge in [0.2, 0.25) is 5.91 Å². The van der Waals surface area contributed by atoms with Crippen LogP contribution in [0.4, 0.5) is 8.78 Å². The summed E-state index contributed by atoms with van der Waals surface area (Å²) in [5.41, 5.74) is 4.50. The number of likely N-dealkylation sites (N-methyl/N-ethyl adjacent to an activating group) is 1. The van der Waals surface area contributed by atoms with Gasteiger partial charge in [0, 0.05) is 6.07 Å². The third-order valence-corrected chi connectivity index (χ3v) is 3.56. The molecule has 6 heteroatoms. The lowest BCUT2D eigenvalue weighted by Crippen LogP contribution is -2.61. The van der Waals surface area contributed by atoms with Crippen molar-refractivity contribution in [2.75, 3.05) is 13.2 Å². The van der Waals surface area contributed by atoms with Crippen molar-refractivity contribution >= 4 is 5.91 Å². The van der Waals surface area contributed by atoms with Crippen LogP contribution in [0.3, 0.4) is 0 Å². The topological polar surface area (TPSA) is 64.3 Å². The summed E-state index contributed by atoms with van der Waals surface area (Å²) < 4.78 is 31.7. The second-order valence-corrected chi connectivity index (χ2v) is 5.00. The van der Waals surface area contributed by atoms with Crippen LogP contribution >= 0.6 is 0 Å². The fraction of sp³-hybridized carbons (Fsp3) is 0.500. The molecule has 1 fully saturated rings. The molecule has 1 unspecified atom stereocenters. The molecule has 2 rings (SSSR count). The van der Waals surface area contributed by atoms with Crippen LogP contribution in [0.2, 0.25) is 0 Å². The number of carbonyl (C=O) groups is 1. The Morgan fingerprint density at radius 2 is 2.20 bits per heavy atom. The van der Waals surface area contributed by atoms with Gasteiger partial charge < -0.3 is 15.8 Å². The van der Waals surface area contributed by atoms with Crippen LogP contribution in [0.5, 0.6) is 5.75 Å². The Morgan fingerprint density at radius 3 is 2.70 bits per heavy atom. The first-order valence-electron chi connectivity index (χ1n) is 6.62. The maximum Gasteiger partial charge on any atom is 0.241 e. The van der Waals surface area contributed by atoms with Gasteiger partial charge in [0.1, 0.15) is 18.0 Å². The number of rotatable bonds is 7. The van der Waals surface area contributed by atoms with Crippen LogP contribution in [0.1, 0.15) is 19.8 Å². The van der Waals surface area contributed by atoms with Gasteiger partial charge >= 0.3 is 0 Å². The van der Waals surface area contributed by atoms with Crippen molar-refractivity contribution in [3.63, 3.8) is 0 Å². The molecule has 20 heavy (non-hydrogen) atoms. The summed E-state index contributed by atoms with van der Waals surface area (Å²) in [5, 5.41) is 3.06. The Morgan fingerprint density at radius 1 is 1.50 bits per heavy atom. The molecule has 0 heterocycles. The van der Waals surface area contributed by atoms with Gasteiger partial charge in [-0.2, -0.15) is 0 Å². The fourth-order valence-corrected chi connectivity index (χ4v) is 2.35. The standard InChI is InChI=1S/C14H18F2N2O2/c1-2-18-14(13(17)19,9-3-4-9)8-20-12-6-5-10(15)7-11(12)16/h5-7,9,18H,2-4,8H2,1H3,(H2,17,19). The van der Waals surface area contributed by atoms with Crippen molar-refractivity contribution in [3.8, 4) is 5.75 Å². The van der Waals surface area contributed by atoms with E-state index in [2.05, 4.69) is 5.32 Å². The van der Waals surface area contributed by atoms with Gasteiger partial charge in [0.05, 0.1) is 0 Å². The lowest BCUT2D eigenvalue weighted by Gasteiger charge is -2.31. The molecule has 0 spiro atoms. The SMILES string of the molecule is CCNC(COc1ccc(F)cc1F)(C(N)=O)C1CC1. The van der Waals surface area contributed by atoms with Crippen LogP contribution in [0.25, 0.3) is 0 Å². The summed E-state index contributed by atoms with van der Waals surface area (Å²) >= 11 is 0. The Hall–Kier alpha value is -1.69. The average Bonchev–Trinajstić information content (AvgIpc) is 3.20. The number of benzene rings is 1. The Kier molecular flexibility index (Phi) is 4.23. The van der Waals surface area contributed by atoms with E-state index in [-0.39, 0.29) is 18.3 Å². The number of carbonyl (C=O) groups excluding carboxylic acids is 1. The molecule has 1 aromatic carbocycles. The molecule has 0 aliphatic heterocycles. The van der Waals surface area contributed by atoms with Crippen molar-refractivity contribution in [1.29, 1.82) is 0 Å². The van der Waals surface area contributed by atoms with Gasteiger partial charge in [-0.25, -0.2) is 8.78 Å². The predicted octanol–water partition coefficient (Wildman–Crippen LogP) is 1.59. The monoisotopic (exact) mass is 284 g/mol. The smallest absolute Gasteiger partial charge is 0.241 e. The minimum atomic E-state index is -0.990. The lowest BCUT2D eigenvalue weighted by molar-refractivity contribution is -0.126. The van der Waals surface area contributed by atoms with Crippen molar-refractivity contribution < 1.29 is 18.3 Å². The van der Waals surface area contributed by atoms with E-state index >= 15 is 0 Å². The molecule has 0 aromatic heterocycles. The van der Waals surface area contributed by atoms with E-state index in [1.165, 1.54) is 6.07 Å². The van der Waals surface area contributed by atoms with Crippen LogP contribution in [-0.2, 0) is 4.79 Å². The number of halogens is 2. The van der Waals surface area contributed by atoms with Gasteiger partial charge in [-0.05, 0) is 37.4 Å². The van der Waals surface area contributed by atoms with E-state index in [1.54, 1.807) is 0 Å². The molecule has 0 saturated heterocycles. The molecule has 1 saturated carbocycles. The summed E-state index contributed by atoms with van der Waals surface area (Å²) in [6.07, 6.45) is 1.76. The highest BCUT2D eigenvalue weighted by atomic mass is 19.1. The molecule has 3 N–H and O–H groups in total. The second-order valence-electron chi connectivity index (χ2n) is 5.00. The molecule has 110 valence electrons. The lowest BCUT2D eigenvalue weighted by atomic mass is 9.93. The number of hydrogen-bond acceptors (Lipinski definition) is 3. The highest BCUT2D eigenvalue weighted by Crippen LogP contribution is 2.40. The fourth-order valence-electron chi connectivity index (χ4n) is 2.35. The molecule has 1 aromatic rings. The molecule has 0 bridgehead atoms. The molecule has 1 aliphatic rings. The van der Waals surface area contributed by atoms with Crippen molar-refractivity contribution in [1.82, 2.24) is 5.32 Å². The zero-order valence-electron chi connectivity index (χ0n) is 11.3. The minimum absolute atomic E-state index is 0.0661. The normalized spacial score (nSPS) is 17.6. The number of ether oxygens (including phenoxy) is 1. The quantitative estimate of drug-likeness (QED) is 0.799. The molecule has 1 amide bonds. The Labute approximate surface area is 116 Å². The molecular formula is C14H18F2N2O2.